The molecule has 2 nitrogen and oxygen atoms in total. The number of aromatic nitrogens is 1. The third-order valence-electron chi connectivity index (χ3n) is 2.88. The lowest BCUT2D eigenvalue weighted by Gasteiger charge is -2.07. The maximum Gasteiger partial charge on any atom is 0.127 e. The van der Waals surface area contributed by atoms with E-state index in [1.54, 1.807) is 18.5 Å². The second-order valence-corrected chi connectivity index (χ2v) is 4.10. The average molecular weight is 239 g/mol. The lowest BCUT2D eigenvalue weighted by atomic mass is 9.99. The SMILES string of the molecule is Oc1cc(F)cc(-c2cccc3ccncc23)c1. The maximum atomic E-state index is 13.3. The number of nitrogens with zero attached hydrogens (tertiary/aromatic N) is 1. The molecule has 0 fully saturated rings. The molecule has 0 aliphatic carbocycles. The van der Waals surface area contributed by atoms with Crippen LogP contribution in [0.4, 0.5) is 4.39 Å². The molecule has 0 unspecified atom stereocenters. The van der Waals surface area contributed by atoms with Crippen LogP contribution in [-0.2, 0) is 0 Å². The third kappa shape index (κ3) is 1.80. The fourth-order valence-corrected chi connectivity index (χ4v) is 2.09. The first kappa shape index (κ1) is 10.7. The summed E-state index contributed by atoms with van der Waals surface area (Å²) in [7, 11) is 0. The summed E-state index contributed by atoms with van der Waals surface area (Å²) >= 11 is 0. The minimum absolute atomic E-state index is 0.0779. The monoisotopic (exact) mass is 239 g/mol. The Morgan fingerprint density at radius 2 is 1.94 bits per heavy atom. The molecule has 0 radical (unpaired) electrons. The first-order valence-electron chi connectivity index (χ1n) is 5.57. The van der Waals surface area contributed by atoms with Crippen molar-refractivity contribution in [3.05, 3.63) is 60.7 Å². The molecule has 1 heterocycles. The number of aromatic hydroxyl groups is 1. The summed E-state index contributed by atoms with van der Waals surface area (Å²) in [6.07, 6.45) is 3.46. The Balaban J connectivity index is 2.31. The fraction of sp³-hybridized carbons (Fsp3) is 0. The molecule has 0 saturated carbocycles. The van der Waals surface area contributed by atoms with E-state index in [1.165, 1.54) is 6.07 Å². The molecule has 0 atom stereocenters. The van der Waals surface area contributed by atoms with E-state index in [0.29, 0.717) is 5.56 Å². The predicted octanol–water partition coefficient (Wildman–Crippen LogP) is 3.75. The van der Waals surface area contributed by atoms with Crippen LogP contribution in [0, 0.1) is 5.82 Å². The zero-order valence-corrected chi connectivity index (χ0v) is 9.47. The standard InChI is InChI=1S/C15H10FNO/c16-12-6-11(7-13(18)8-12)14-3-1-2-10-4-5-17-9-15(10)14/h1-9,18H. The molecular formula is C15H10FNO. The number of hydrogen-bond donors (Lipinski definition) is 1. The summed E-state index contributed by atoms with van der Waals surface area (Å²) in [5.74, 6) is -0.531. The van der Waals surface area contributed by atoms with Crippen molar-refractivity contribution >= 4 is 10.8 Å². The van der Waals surface area contributed by atoms with Gasteiger partial charge in [0.05, 0.1) is 0 Å². The Bertz CT molecular complexity index is 699. The van der Waals surface area contributed by atoms with E-state index in [9.17, 15) is 9.50 Å². The first-order chi connectivity index (χ1) is 8.74. The van der Waals surface area contributed by atoms with Crippen LogP contribution in [0.1, 0.15) is 0 Å². The number of phenols is 1. The van der Waals surface area contributed by atoms with Crippen LogP contribution >= 0.6 is 0 Å². The molecule has 1 aromatic heterocycles. The second-order valence-electron chi connectivity index (χ2n) is 4.10. The van der Waals surface area contributed by atoms with Crippen molar-refractivity contribution in [3.63, 3.8) is 0 Å². The Morgan fingerprint density at radius 1 is 1.06 bits per heavy atom. The highest BCUT2D eigenvalue weighted by Crippen LogP contribution is 2.30. The third-order valence-corrected chi connectivity index (χ3v) is 2.88. The van der Waals surface area contributed by atoms with E-state index in [2.05, 4.69) is 4.98 Å². The van der Waals surface area contributed by atoms with Gasteiger partial charge in [-0.05, 0) is 34.7 Å². The smallest absolute Gasteiger partial charge is 0.127 e. The highest BCUT2D eigenvalue weighted by atomic mass is 19.1. The minimum atomic E-state index is -0.453. The highest BCUT2D eigenvalue weighted by molar-refractivity contribution is 5.96. The summed E-state index contributed by atoms with van der Waals surface area (Å²) in [6, 6.07) is 11.7. The van der Waals surface area contributed by atoms with Crippen LogP contribution in [0.3, 0.4) is 0 Å². The van der Waals surface area contributed by atoms with E-state index in [0.717, 1.165) is 22.4 Å². The summed E-state index contributed by atoms with van der Waals surface area (Å²) < 4.78 is 13.3. The van der Waals surface area contributed by atoms with E-state index in [4.69, 9.17) is 0 Å². The number of rotatable bonds is 1. The van der Waals surface area contributed by atoms with E-state index in [1.807, 2.05) is 24.3 Å². The normalized spacial score (nSPS) is 10.7. The molecule has 0 bridgehead atoms. The molecule has 1 N–H and O–H groups in total. The fourth-order valence-electron chi connectivity index (χ4n) is 2.09. The molecule has 0 spiro atoms. The highest BCUT2D eigenvalue weighted by Gasteiger charge is 2.06. The van der Waals surface area contributed by atoms with Gasteiger partial charge in [0.2, 0.25) is 0 Å². The van der Waals surface area contributed by atoms with Crippen molar-refractivity contribution in [2.24, 2.45) is 0 Å². The summed E-state index contributed by atoms with van der Waals surface area (Å²) in [6.45, 7) is 0. The van der Waals surface area contributed by atoms with Gasteiger partial charge in [-0.3, -0.25) is 4.98 Å². The summed E-state index contributed by atoms with van der Waals surface area (Å²) in [5.41, 5.74) is 1.50. The van der Waals surface area contributed by atoms with Crippen LogP contribution in [0.5, 0.6) is 5.75 Å². The molecule has 3 heteroatoms. The topological polar surface area (TPSA) is 33.1 Å². The van der Waals surface area contributed by atoms with Crippen molar-refractivity contribution in [3.8, 4) is 16.9 Å². The van der Waals surface area contributed by atoms with Gasteiger partial charge in [-0.1, -0.05) is 18.2 Å². The number of benzene rings is 2. The molecule has 18 heavy (non-hydrogen) atoms. The molecule has 0 aliphatic rings. The Kier molecular flexibility index (Phi) is 2.45. The number of halogens is 1. The van der Waals surface area contributed by atoms with Crippen molar-refractivity contribution in [1.29, 1.82) is 0 Å². The molecule has 88 valence electrons. The molecule has 3 aromatic rings. The molecule has 3 rings (SSSR count). The number of phenolic OH excluding ortho intramolecular Hbond substituents is 1. The van der Waals surface area contributed by atoms with Crippen LogP contribution in [0.25, 0.3) is 21.9 Å². The lowest BCUT2D eigenvalue weighted by molar-refractivity contribution is 0.469. The van der Waals surface area contributed by atoms with Crippen molar-refractivity contribution < 1.29 is 9.50 Å². The molecule has 0 saturated heterocycles. The molecule has 2 aromatic carbocycles. The van der Waals surface area contributed by atoms with E-state index >= 15 is 0 Å². The van der Waals surface area contributed by atoms with Crippen LogP contribution in [-0.4, -0.2) is 10.1 Å². The Labute approximate surface area is 103 Å². The Morgan fingerprint density at radius 3 is 2.78 bits per heavy atom. The van der Waals surface area contributed by atoms with Gasteiger partial charge < -0.3 is 5.11 Å². The quantitative estimate of drug-likeness (QED) is 0.701. The maximum absolute atomic E-state index is 13.3. The molecule has 0 aliphatic heterocycles. The second kappa shape index (κ2) is 4.11. The summed E-state index contributed by atoms with van der Waals surface area (Å²) in [5, 5.41) is 11.4. The van der Waals surface area contributed by atoms with Crippen molar-refractivity contribution in [1.82, 2.24) is 4.98 Å². The van der Waals surface area contributed by atoms with Crippen molar-refractivity contribution in [2.75, 3.05) is 0 Å². The predicted molar refractivity (Wildman–Crippen MR) is 68.8 cm³/mol. The summed E-state index contributed by atoms with van der Waals surface area (Å²) in [4.78, 5) is 4.09. The number of fused-ring (bicyclic) bond motifs is 1. The van der Waals surface area contributed by atoms with Gasteiger partial charge in [-0.15, -0.1) is 0 Å². The van der Waals surface area contributed by atoms with Gasteiger partial charge in [0.25, 0.3) is 0 Å². The zero-order chi connectivity index (χ0) is 12.5. The zero-order valence-electron chi connectivity index (χ0n) is 9.47. The molecular weight excluding hydrogens is 229 g/mol. The average Bonchev–Trinajstić information content (AvgIpc) is 2.37. The number of hydrogen-bond acceptors (Lipinski definition) is 2. The largest absolute Gasteiger partial charge is 0.508 e. The Hall–Kier alpha value is -2.42. The minimum Gasteiger partial charge on any atom is -0.508 e. The van der Waals surface area contributed by atoms with Gasteiger partial charge in [-0.2, -0.15) is 0 Å². The van der Waals surface area contributed by atoms with Crippen molar-refractivity contribution in [2.45, 2.75) is 0 Å². The van der Waals surface area contributed by atoms with E-state index in [-0.39, 0.29) is 5.75 Å². The van der Waals surface area contributed by atoms with Gasteiger partial charge in [-0.25, -0.2) is 4.39 Å². The van der Waals surface area contributed by atoms with Crippen LogP contribution in [0.15, 0.2) is 54.9 Å². The first-order valence-corrected chi connectivity index (χ1v) is 5.57. The van der Waals surface area contributed by atoms with Crippen LogP contribution in [0.2, 0.25) is 0 Å². The molecule has 0 amide bonds. The van der Waals surface area contributed by atoms with Crippen LogP contribution < -0.4 is 0 Å². The number of pyridine rings is 1. The van der Waals surface area contributed by atoms with Gasteiger partial charge in [0.15, 0.2) is 0 Å². The van der Waals surface area contributed by atoms with Gasteiger partial charge in [0, 0.05) is 23.8 Å². The van der Waals surface area contributed by atoms with Gasteiger partial charge in [0.1, 0.15) is 11.6 Å². The van der Waals surface area contributed by atoms with Gasteiger partial charge >= 0.3 is 0 Å². The lowest BCUT2D eigenvalue weighted by Crippen LogP contribution is -1.84. The van der Waals surface area contributed by atoms with E-state index < -0.39 is 5.82 Å².